The van der Waals surface area contributed by atoms with Crippen LogP contribution in [0.2, 0.25) is 10.0 Å². The summed E-state index contributed by atoms with van der Waals surface area (Å²) in [5, 5.41) is 2.44. The second kappa shape index (κ2) is 7.69. The molecule has 1 aromatic heterocycles. The van der Waals surface area contributed by atoms with E-state index < -0.39 is 23.5 Å². The Balaban J connectivity index is 2.11. The van der Waals surface area contributed by atoms with Gasteiger partial charge in [0.15, 0.2) is 11.4 Å². The number of halogens is 6. The van der Waals surface area contributed by atoms with Gasteiger partial charge in [0.05, 0.1) is 21.4 Å². The quantitative estimate of drug-likeness (QED) is 0.423. The lowest BCUT2D eigenvalue weighted by atomic mass is 10.2. The van der Waals surface area contributed by atoms with Crippen LogP contribution in [0, 0.1) is 3.57 Å². The number of anilines is 1. The van der Waals surface area contributed by atoms with Crippen LogP contribution in [0.4, 0.5) is 18.9 Å². The first kappa shape index (κ1) is 20.0. The van der Waals surface area contributed by atoms with Gasteiger partial charge in [-0.15, -0.1) is 0 Å². The van der Waals surface area contributed by atoms with Gasteiger partial charge in [-0.05, 0) is 46.9 Å². The van der Waals surface area contributed by atoms with Gasteiger partial charge in [0.1, 0.15) is 6.33 Å². The van der Waals surface area contributed by atoms with Crippen LogP contribution in [-0.4, -0.2) is 15.5 Å². The van der Waals surface area contributed by atoms with E-state index in [4.69, 9.17) is 23.2 Å². The van der Waals surface area contributed by atoms with E-state index in [-0.39, 0.29) is 15.7 Å². The van der Waals surface area contributed by atoms with Crippen LogP contribution in [0.25, 0.3) is 5.69 Å². The summed E-state index contributed by atoms with van der Waals surface area (Å²) in [5.74, 6) is -0.992. The molecule has 0 saturated carbocycles. The monoisotopic (exact) mass is 525 g/mol. The summed E-state index contributed by atoms with van der Waals surface area (Å²) in [6, 6.07) is 11.0. The number of carbonyl (C=O) groups is 1. The smallest absolute Gasteiger partial charge is 0.320 e. The molecule has 1 amide bonds. The average molecular weight is 526 g/mol. The second-order valence-electron chi connectivity index (χ2n) is 5.31. The highest BCUT2D eigenvalue weighted by atomic mass is 127. The molecule has 0 atom stereocenters. The van der Waals surface area contributed by atoms with Crippen LogP contribution in [0.15, 0.2) is 48.8 Å². The van der Waals surface area contributed by atoms with E-state index in [2.05, 4.69) is 10.3 Å². The minimum Gasteiger partial charge on any atom is -0.320 e. The van der Waals surface area contributed by atoms with Crippen LogP contribution in [0.5, 0.6) is 0 Å². The zero-order valence-electron chi connectivity index (χ0n) is 13.2. The van der Waals surface area contributed by atoms with Gasteiger partial charge in [-0.25, -0.2) is 4.98 Å². The number of hydrogen-bond donors (Lipinski definition) is 1. The second-order valence-corrected chi connectivity index (χ2v) is 7.29. The number of benzene rings is 2. The Morgan fingerprint density at radius 1 is 1.07 bits per heavy atom. The van der Waals surface area contributed by atoms with Crippen molar-refractivity contribution >= 4 is 57.4 Å². The van der Waals surface area contributed by atoms with Gasteiger partial charge in [0.2, 0.25) is 0 Å². The lowest BCUT2D eigenvalue weighted by Crippen LogP contribution is -2.21. The zero-order chi connectivity index (χ0) is 19.8. The molecule has 2 aromatic carbocycles. The van der Waals surface area contributed by atoms with Crippen LogP contribution < -0.4 is 5.32 Å². The molecule has 10 heteroatoms. The van der Waals surface area contributed by atoms with E-state index in [1.165, 1.54) is 18.2 Å². The molecule has 1 N–H and O–H groups in total. The maximum Gasteiger partial charge on any atom is 0.434 e. The fraction of sp³-hybridized carbons (Fsp3) is 0.0588. The molecular weight excluding hydrogens is 517 g/mol. The Bertz CT molecular complexity index is 1000. The van der Waals surface area contributed by atoms with Crippen molar-refractivity contribution < 1.29 is 18.0 Å². The summed E-state index contributed by atoms with van der Waals surface area (Å²) in [6.07, 6.45) is -3.99. The van der Waals surface area contributed by atoms with E-state index in [0.29, 0.717) is 13.8 Å². The Hall–Kier alpha value is -1.78. The van der Waals surface area contributed by atoms with Gasteiger partial charge in [0, 0.05) is 3.57 Å². The third-order valence-corrected chi connectivity index (χ3v) is 5.10. The van der Waals surface area contributed by atoms with Crippen molar-refractivity contribution in [2.75, 3.05) is 5.32 Å². The summed E-state index contributed by atoms with van der Waals surface area (Å²) < 4.78 is 42.6. The SMILES string of the molecule is O=C(Nc1ccccc1I)c1ncn(-c2c(Cl)cccc2Cl)c1C(F)(F)F. The Morgan fingerprint density at radius 3 is 2.30 bits per heavy atom. The van der Waals surface area contributed by atoms with E-state index in [9.17, 15) is 18.0 Å². The normalized spacial score (nSPS) is 11.5. The van der Waals surface area contributed by atoms with Gasteiger partial charge in [-0.1, -0.05) is 41.4 Å². The average Bonchev–Trinajstić information content (AvgIpc) is 3.02. The third kappa shape index (κ3) is 4.07. The number of nitrogens with one attached hydrogen (secondary N) is 1. The van der Waals surface area contributed by atoms with Gasteiger partial charge >= 0.3 is 6.18 Å². The minimum atomic E-state index is -4.87. The maximum atomic E-state index is 13.7. The van der Waals surface area contributed by atoms with Crippen LogP contribution in [-0.2, 0) is 6.18 Å². The molecule has 0 unspecified atom stereocenters. The number of hydrogen-bond acceptors (Lipinski definition) is 2. The van der Waals surface area contributed by atoms with E-state index >= 15 is 0 Å². The number of imidazole rings is 1. The van der Waals surface area contributed by atoms with Crippen molar-refractivity contribution in [2.24, 2.45) is 0 Å². The van der Waals surface area contributed by atoms with Crippen molar-refractivity contribution in [2.45, 2.75) is 6.18 Å². The summed E-state index contributed by atoms with van der Waals surface area (Å²) in [5.41, 5.74) is -1.77. The van der Waals surface area contributed by atoms with Gasteiger partial charge in [0.25, 0.3) is 5.91 Å². The van der Waals surface area contributed by atoms with E-state index in [0.717, 1.165) is 6.33 Å². The standard InChI is InChI=1S/C17H9Cl2F3IN3O/c18-9-4-3-5-10(19)14(9)26-8-24-13(15(26)17(20,21)22)16(27)25-12-7-2-1-6-11(12)23/h1-8H,(H,25,27). The van der Waals surface area contributed by atoms with Crippen molar-refractivity contribution in [3.8, 4) is 5.69 Å². The molecule has 0 aliphatic carbocycles. The predicted octanol–water partition coefficient (Wildman–Crippen LogP) is 6.05. The number of rotatable bonds is 3. The number of aromatic nitrogens is 2. The molecule has 0 aliphatic rings. The molecule has 0 fully saturated rings. The fourth-order valence-corrected chi connectivity index (χ4v) is 3.52. The Labute approximate surface area is 175 Å². The number of nitrogens with zero attached hydrogens (tertiary/aromatic N) is 2. The maximum absolute atomic E-state index is 13.7. The third-order valence-electron chi connectivity index (χ3n) is 3.55. The molecule has 0 spiro atoms. The molecular formula is C17H9Cl2F3IN3O. The number of amides is 1. The van der Waals surface area contributed by atoms with Crippen molar-refractivity contribution in [1.82, 2.24) is 9.55 Å². The van der Waals surface area contributed by atoms with E-state index in [1.54, 1.807) is 24.3 Å². The lowest BCUT2D eigenvalue weighted by molar-refractivity contribution is -0.142. The van der Waals surface area contributed by atoms with Gasteiger partial charge in [-0.2, -0.15) is 13.2 Å². The molecule has 0 bridgehead atoms. The molecule has 0 saturated heterocycles. The number of para-hydroxylation sites is 2. The highest BCUT2D eigenvalue weighted by molar-refractivity contribution is 14.1. The van der Waals surface area contributed by atoms with Crippen molar-refractivity contribution in [3.63, 3.8) is 0 Å². The molecule has 3 rings (SSSR count). The van der Waals surface area contributed by atoms with Crippen LogP contribution in [0.1, 0.15) is 16.2 Å². The summed E-state index contributed by atoms with van der Waals surface area (Å²) >= 11 is 14.0. The number of carbonyl (C=O) groups excluding carboxylic acids is 1. The van der Waals surface area contributed by atoms with Gasteiger partial charge in [-0.3, -0.25) is 9.36 Å². The first-order chi connectivity index (χ1) is 12.7. The van der Waals surface area contributed by atoms with Gasteiger partial charge < -0.3 is 5.32 Å². The van der Waals surface area contributed by atoms with Crippen LogP contribution >= 0.6 is 45.8 Å². The minimum absolute atomic E-state index is 0.00466. The summed E-state index contributed by atoms with van der Waals surface area (Å²) in [7, 11) is 0. The van der Waals surface area contributed by atoms with Crippen LogP contribution in [0.3, 0.4) is 0 Å². The largest absolute Gasteiger partial charge is 0.434 e. The first-order valence-electron chi connectivity index (χ1n) is 7.35. The number of alkyl halides is 3. The molecule has 4 nitrogen and oxygen atoms in total. The highest BCUT2D eigenvalue weighted by Gasteiger charge is 2.41. The first-order valence-corrected chi connectivity index (χ1v) is 9.18. The molecule has 0 radical (unpaired) electrons. The fourth-order valence-electron chi connectivity index (χ4n) is 2.42. The predicted molar refractivity (Wildman–Crippen MR) is 106 cm³/mol. The highest BCUT2D eigenvalue weighted by Crippen LogP contribution is 2.37. The zero-order valence-corrected chi connectivity index (χ0v) is 16.9. The van der Waals surface area contributed by atoms with E-state index in [1.807, 2.05) is 22.6 Å². The molecule has 3 aromatic rings. The molecule has 0 aliphatic heterocycles. The summed E-state index contributed by atoms with van der Waals surface area (Å²) in [6.45, 7) is 0. The molecule has 1 heterocycles. The lowest BCUT2D eigenvalue weighted by Gasteiger charge is -2.15. The topological polar surface area (TPSA) is 46.9 Å². The Kier molecular flexibility index (Phi) is 5.68. The molecule has 27 heavy (non-hydrogen) atoms. The van der Waals surface area contributed by atoms with Crippen molar-refractivity contribution in [3.05, 3.63) is 73.8 Å². The molecule has 140 valence electrons. The summed E-state index contributed by atoms with van der Waals surface area (Å²) in [4.78, 5) is 16.2. The Morgan fingerprint density at radius 2 is 1.70 bits per heavy atom. The van der Waals surface area contributed by atoms with Crippen molar-refractivity contribution in [1.29, 1.82) is 0 Å².